The van der Waals surface area contributed by atoms with Crippen molar-refractivity contribution in [1.82, 2.24) is 0 Å². The molecule has 2 nitrogen and oxygen atoms in total. The summed E-state index contributed by atoms with van der Waals surface area (Å²) in [5.74, 6) is 0. The van der Waals surface area contributed by atoms with Crippen LogP contribution in [0, 0.1) is 0 Å². The molecule has 0 saturated heterocycles. The zero-order valence-electron chi connectivity index (χ0n) is 7.85. The van der Waals surface area contributed by atoms with Crippen LogP contribution in [0.15, 0.2) is 42.5 Å². The number of aliphatic hydroxyl groups is 1. The van der Waals surface area contributed by atoms with E-state index in [0.29, 0.717) is 0 Å². The third kappa shape index (κ3) is 1.50. The first-order valence-electron chi connectivity index (χ1n) is 4.67. The first-order chi connectivity index (χ1) is 6.83. The van der Waals surface area contributed by atoms with E-state index in [4.69, 9.17) is 10.8 Å². The Labute approximate surface area is 83.0 Å². The first kappa shape index (κ1) is 9.19. The molecule has 72 valence electrons. The van der Waals surface area contributed by atoms with E-state index in [1.54, 1.807) is 0 Å². The lowest BCUT2D eigenvalue weighted by Crippen LogP contribution is -2.14. The quantitative estimate of drug-likeness (QED) is 0.753. The molecular weight excluding hydrogens is 174 g/mol. The van der Waals surface area contributed by atoms with Crippen molar-refractivity contribution in [3.8, 4) is 0 Å². The van der Waals surface area contributed by atoms with Gasteiger partial charge in [0.15, 0.2) is 0 Å². The van der Waals surface area contributed by atoms with Gasteiger partial charge in [0.2, 0.25) is 0 Å². The van der Waals surface area contributed by atoms with E-state index in [1.165, 1.54) is 0 Å². The van der Waals surface area contributed by atoms with Gasteiger partial charge in [0.05, 0.1) is 12.6 Å². The predicted octanol–water partition coefficient (Wildman–Crippen LogP) is 1.83. The second-order valence-electron chi connectivity index (χ2n) is 3.36. The Kier molecular flexibility index (Phi) is 2.48. The summed E-state index contributed by atoms with van der Waals surface area (Å²) < 4.78 is 0. The van der Waals surface area contributed by atoms with E-state index in [-0.39, 0.29) is 12.6 Å². The summed E-state index contributed by atoms with van der Waals surface area (Å²) in [5, 5.41) is 11.3. The largest absolute Gasteiger partial charge is 0.394 e. The molecule has 0 amide bonds. The summed E-state index contributed by atoms with van der Waals surface area (Å²) in [5.41, 5.74) is 6.82. The molecule has 0 aliphatic rings. The van der Waals surface area contributed by atoms with Crippen molar-refractivity contribution < 1.29 is 5.11 Å². The smallest absolute Gasteiger partial charge is 0.0624 e. The van der Waals surface area contributed by atoms with Gasteiger partial charge < -0.3 is 10.8 Å². The monoisotopic (exact) mass is 187 g/mol. The lowest BCUT2D eigenvalue weighted by atomic mass is 10.00. The maximum atomic E-state index is 9.02. The van der Waals surface area contributed by atoms with Gasteiger partial charge in [-0.05, 0) is 16.3 Å². The minimum absolute atomic E-state index is 0.0198. The zero-order chi connectivity index (χ0) is 9.97. The van der Waals surface area contributed by atoms with Crippen LogP contribution in [0.3, 0.4) is 0 Å². The zero-order valence-corrected chi connectivity index (χ0v) is 7.85. The molecule has 0 radical (unpaired) electrons. The Hall–Kier alpha value is -1.38. The van der Waals surface area contributed by atoms with E-state index in [2.05, 4.69) is 0 Å². The maximum absolute atomic E-state index is 9.02. The van der Waals surface area contributed by atoms with Crippen molar-refractivity contribution in [1.29, 1.82) is 0 Å². The molecule has 1 atom stereocenters. The van der Waals surface area contributed by atoms with Crippen molar-refractivity contribution in [2.24, 2.45) is 5.73 Å². The molecule has 0 aliphatic carbocycles. The van der Waals surface area contributed by atoms with Crippen LogP contribution < -0.4 is 5.73 Å². The van der Waals surface area contributed by atoms with E-state index < -0.39 is 0 Å². The van der Waals surface area contributed by atoms with Gasteiger partial charge >= 0.3 is 0 Å². The van der Waals surface area contributed by atoms with Crippen molar-refractivity contribution in [2.75, 3.05) is 6.61 Å². The minimum Gasteiger partial charge on any atom is -0.394 e. The minimum atomic E-state index is -0.291. The Morgan fingerprint density at radius 2 is 1.79 bits per heavy atom. The van der Waals surface area contributed by atoms with Gasteiger partial charge in [-0.15, -0.1) is 0 Å². The fraction of sp³-hybridized carbons (Fsp3) is 0.167. The lowest BCUT2D eigenvalue weighted by molar-refractivity contribution is 0.268. The molecule has 0 bridgehead atoms. The number of hydrogen-bond donors (Lipinski definition) is 2. The number of benzene rings is 2. The van der Waals surface area contributed by atoms with Crippen LogP contribution in [-0.2, 0) is 0 Å². The second kappa shape index (κ2) is 3.78. The Morgan fingerprint density at radius 1 is 1.07 bits per heavy atom. The first-order valence-corrected chi connectivity index (χ1v) is 4.67. The highest BCUT2D eigenvalue weighted by molar-refractivity contribution is 5.86. The summed E-state index contributed by atoms with van der Waals surface area (Å²) in [6.07, 6.45) is 0. The molecule has 0 saturated carbocycles. The number of nitrogens with two attached hydrogens (primary N) is 1. The normalized spacial score (nSPS) is 13.0. The van der Waals surface area contributed by atoms with Crippen LogP contribution in [0.1, 0.15) is 11.6 Å². The maximum Gasteiger partial charge on any atom is 0.0624 e. The third-order valence-electron chi connectivity index (χ3n) is 2.42. The predicted molar refractivity (Wildman–Crippen MR) is 58.0 cm³/mol. The van der Waals surface area contributed by atoms with E-state index in [0.717, 1.165) is 16.3 Å². The van der Waals surface area contributed by atoms with Gasteiger partial charge in [0, 0.05) is 0 Å². The Morgan fingerprint density at radius 3 is 2.57 bits per heavy atom. The summed E-state index contributed by atoms with van der Waals surface area (Å²) >= 11 is 0. The Balaban J connectivity index is 2.65. The summed E-state index contributed by atoms with van der Waals surface area (Å²) in [7, 11) is 0. The van der Waals surface area contributed by atoms with Crippen LogP contribution in [-0.4, -0.2) is 11.7 Å². The Bertz CT molecular complexity index is 434. The molecule has 2 rings (SSSR count). The van der Waals surface area contributed by atoms with E-state index in [1.807, 2.05) is 42.5 Å². The lowest BCUT2D eigenvalue weighted by Gasteiger charge is -2.11. The van der Waals surface area contributed by atoms with Gasteiger partial charge in [-0.3, -0.25) is 0 Å². The molecule has 3 N–H and O–H groups in total. The molecule has 0 aliphatic heterocycles. The summed E-state index contributed by atoms with van der Waals surface area (Å²) in [6, 6.07) is 13.7. The van der Waals surface area contributed by atoms with Crippen molar-refractivity contribution in [3.05, 3.63) is 48.0 Å². The molecule has 2 aromatic rings. The van der Waals surface area contributed by atoms with E-state index >= 15 is 0 Å². The fourth-order valence-corrected chi connectivity index (χ4v) is 1.67. The van der Waals surface area contributed by atoms with Crippen LogP contribution in [0.2, 0.25) is 0 Å². The van der Waals surface area contributed by atoms with Crippen molar-refractivity contribution in [3.63, 3.8) is 0 Å². The number of rotatable bonds is 2. The molecular formula is C12H13NO. The average Bonchev–Trinajstić information content (AvgIpc) is 2.27. The molecule has 14 heavy (non-hydrogen) atoms. The molecule has 2 heteroatoms. The molecule has 0 unspecified atom stereocenters. The third-order valence-corrected chi connectivity index (χ3v) is 2.42. The standard InChI is InChI=1S/C12H13NO/c13-12(8-14)11-7-3-5-9-4-1-2-6-10(9)11/h1-7,12,14H,8,13H2/t12-/m0/s1. The molecule has 0 spiro atoms. The van der Waals surface area contributed by atoms with Crippen LogP contribution >= 0.6 is 0 Å². The molecule has 0 aromatic heterocycles. The highest BCUT2D eigenvalue weighted by Gasteiger charge is 2.07. The van der Waals surface area contributed by atoms with Gasteiger partial charge in [-0.2, -0.15) is 0 Å². The molecule has 0 fully saturated rings. The van der Waals surface area contributed by atoms with E-state index in [9.17, 15) is 0 Å². The average molecular weight is 187 g/mol. The SMILES string of the molecule is N[C@@H](CO)c1cccc2ccccc12. The van der Waals surface area contributed by atoms with Crippen LogP contribution in [0.5, 0.6) is 0 Å². The fourth-order valence-electron chi connectivity index (χ4n) is 1.67. The van der Waals surface area contributed by atoms with Crippen LogP contribution in [0.25, 0.3) is 10.8 Å². The highest BCUT2D eigenvalue weighted by atomic mass is 16.3. The molecule has 2 aromatic carbocycles. The summed E-state index contributed by atoms with van der Waals surface area (Å²) in [4.78, 5) is 0. The van der Waals surface area contributed by atoms with Gasteiger partial charge in [0.25, 0.3) is 0 Å². The number of fused-ring (bicyclic) bond motifs is 1. The van der Waals surface area contributed by atoms with Gasteiger partial charge in [0.1, 0.15) is 0 Å². The van der Waals surface area contributed by atoms with Crippen molar-refractivity contribution in [2.45, 2.75) is 6.04 Å². The van der Waals surface area contributed by atoms with Gasteiger partial charge in [-0.1, -0.05) is 42.5 Å². The second-order valence-corrected chi connectivity index (χ2v) is 3.36. The van der Waals surface area contributed by atoms with Crippen LogP contribution in [0.4, 0.5) is 0 Å². The number of aliphatic hydroxyl groups excluding tert-OH is 1. The highest BCUT2D eigenvalue weighted by Crippen LogP contribution is 2.22. The van der Waals surface area contributed by atoms with Gasteiger partial charge in [-0.25, -0.2) is 0 Å². The topological polar surface area (TPSA) is 46.2 Å². The molecule has 0 heterocycles. The number of hydrogen-bond acceptors (Lipinski definition) is 2. The van der Waals surface area contributed by atoms with Crippen molar-refractivity contribution >= 4 is 10.8 Å². The summed E-state index contributed by atoms with van der Waals surface area (Å²) in [6.45, 7) is -0.0198.